The largest absolute Gasteiger partial charge is 0.468 e. The average Bonchev–Trinajstić information content (AvgIpc) is 2.22. The van der Waals surface area contributed by atoms with Gasteiger partial charge in [-0.2, -0.15) is 5.26 Å². The van der Waals surface area contributed by atoms with Gasteiger partial charge in [-0.3, -0.25) is 4.79 Å². The Hall–Kier alpha value is -1.30. The van der Waals surface area contributed by atoms with Crippen molar-refractivity contribution in [3.8, 4) is 6.07 Å². The van der Waals surface area contributed by atoms with Gasteiger partial charge in [-0.25, -0.2) is 0 Å². The second-order valence-corrected chi connectivity index (χ2v) is 3.37. The Morgan fingerprint density at radius 2 is 2.21 bits per heavy atom. The molecule has 3 heteroatoms. The smallest absolute Gasteiger partial charge is 0.323 e. The molecule has 0 aliphatic rings. The summed E-state index contributed by atoms with van der Waals surface area (Å²) in [5, 5.41) is 8.76. The molecule has 2 atom stereocenters. The van der Waals surface area contributed by atoms with Gasteiger partial charge >= 0.3 is 5.97 Å². The first-order valence-corrected chi connectivity index (χ1v) is 4.67. The fourth-order valence-corrected chi connectivity index (χ4v) is 1.17. The normalized spacial score (nSPS) is 15.5. The molecule has 0 heterocycles. The molecule has 0 aliphatic heterocycles. The van der Waals surface area contributed by atoms with Crippen molar-refractivity contribution < 1.29 is 9.53 Å². The van der Waals surface area contributed by atoms with Crippen LogP contribution in [0.1, 0.15) is 27.2 Å². The number of nitrogens with zero attached hydrogens (tertiary/aromatic N) is 1. The summed E-state index contributed by atoms with van der Waals surface area (Å²) in [5.74, 6) is -0.850. The zero-order valence-corrected chi connectivity index (χ0v) is 9.20. The summed E-state index contributed by atoms with van der Waals surface area (Å²) in [7, 11) is 1.31. The van der Waals surface area contributed by atoms with E-state index in [0.717, 1.165) is 0 Å². The maximum Gasteiger partial charge on any atom is 0.323 e. The Labute approximate surface area is 85.4 Å². The molecule has 78 valence electrons. The standard InChI is InChI=1S/C11H17NO2/c1-5-8(2)9(3)6-10(7-12)11(13)14-4/h5,9-10H,6H2,1-4H3/b8-5+. The maximum atomic E-state index is 11.1. The van der Waals surface area contributed by atoms with Crippen LogP contribution in [0.5, 0.6) is 0 Å². The monoisotopic (exact) mass is 195 g/mol. The van der Waals surface area contributed by atoms with Crippen molar-refractivity contribution in [3.63, 3.8) is 0 Å². The first kappa shape index (κ1) is 12.7. The van der Waals surface area contributed by atoms with Gasteiger partial charge in [0.2, 0.25) is 0 Å². The first-order valence-electron chi connectivity index (χ1n) is 4.67. The van der Waals surface area contributed by atoms with E-state index in [1.807, 2.05) is 32.9 Å². The third kappa shape index (κ3) is 3.61. The number of nitriles is 1. The third-order valence-electron chi connectivity index (χ3n) is 2.46. The number of ether oxygens (including phenoxy) is 1. The predicted octanol–water partition coefficient (Wildman–Crippen LogP) is 2.29. The van der Waals surface area contributed by atoms with Crippen molar-refractivity contribution >= 4 is 5.97 Å². The summed E-state index contributed by atoms with van der Waals surface area (Å²) in [5.41, 5.74) is 1.19. The molecular weight excluding hydrogens is 178 g/mol. The van der Waals surface area contributed by atoms with Crippen molar-refractivity contribution in [1.29, 1.82) is 5.26 Å². The molecule has 0 fully saturated rings. The van der Waals surface area contributed by atoms with Gasteiger partial charge in [-0.15, -0.1) is 0 Å². The summed E-state index contributed by atoms with van der Waals surface area (Å²) in [4.78, 5) is 11.1. The summed E-state index contributed by atoms with van der Waals surface area (Å²) in [6.45, 7) is 5.95. The van der Waals surface area contributed by atoms with Gasteiger partial charge in [0.25, 0.3) is 0 Å². The lowest BCUT2D eigenvalue weighted by Gasteiger charge is -2.14. The van der Waals surface area contributed by atoms with Crippen LogP contribution < -0.4 is 0 Å². The molecule has 3 nitrogen and oxygen atoms in total. The first-order chi connectivity index (χ1) is 6.56. The lowest BCUT2D eigenvalue weighted by atomic mass is 9.91. The van der Waals surface area contributed by atoms with Crippen LogP contribution in [0, 0.1) is 23.2 Å². The molecule has 0 aliphatic carbocycles. The van der Waals surface area contributed by atoms with Crippen molar-refractivity contribution in [1.82, 2.24) is 0 Å². The maximum absolute atomic E-state index is 11.1. The topological polar surface area (TPSA) is 50.1 Å². The van der Waals surface area contributed by atoms with Gasteiger partial charge < -0.3 is 4.74 Å². The summed E-state index contributed by atoms with van der Waals surface area (Å²) in [6.07, 6.45) is 2.52. The quantitative estimate of drug-likeness (QED) is 0.511. The van der Waals surface area contributed by atoms with Crippen molar-refractivity contribution in [2.45, 2.75) is 27.2 Å². The highest BCUT2D eigenvalue weighted by Gasteiger charge is 2.21. The zero-order valence-electron chi connectivity index (χ0n) is 9.20. The number of hydrogen-bond acceptors (Lipinski definition) is 3. The highest BCUT2D eigenvalue weighted by molar-refractivity contribution is 5.75. The number of carbonyl (C=O) groups is 1. The molecule has 0 amide bonds. The van der Waals surface area contributed by atoms with Gasteiger partial charge in [0, 0.05) is 0 Å². The molecule has 2 unspecified atom stereocenters. The molecule has 14 heavy (non-hydrogen) atoms. The second-order valence-electron chi connectivity index (χ2n) is 3.37. The van der Waals surface area contributed by atoms with Crippen LogP contribution in [0.2, 0.25) is 0 Å². The van der Waals surface area contributed by atoms with Gasteiger partial charge in [-0.05, 0) is 26.2 Å². The van der Waals surface area contributed by atoms with E-state index in [0.29, 0.717) is 6.42 Å². The lowest BCUT2D eigenvalue weighted by Crippen LogP contribution is -2.17. The number of allylic oxidation sites excluding steroid dienone is 2. The van der Waals surface area contributed by atoms with Gasteiger partial charge in [-0.1, -0.05) is 18.6 Å². The van der Waals surface area contributed by atoms with Crippen LogP contribution in [0.15, 0.2) is 11.6 Å². The summed E-state index contributed by atoms with van der Waals surface area (Å²) in [6, 6.07) is 1.96. The van der Waals surface area contributed by atoms with Crippen LogP contribution in [0.4, 0.5) is 0 Å². The van der Waals surface area contributed by atoms with Crippen molar-refractivity contribution in [3.05, 3.63) is 11.6 Å². The molecule has 0 spiro atoms. The summed E-state index contributed by atoms with van der Waals surface area (Å²) < 4.78 is 4.54. The molecule has 0 aromatic carbocycles. The van der Waals surface area contributed by atoms with E-state index >= 15 is 0 Å². The summed E-state index contributed by atoms with van der Waals surface area (Å²) >= 11 is 0. The van der Waals surface area contributed by atoms with E-state index in [-0.39, 0.29) is 5.92 Å². The highest BCUT2D eigenvalue weighted by atomic mass is 16.5. The van der Waals surface area contributed by atoms with Crippen molar-refractivity contribution in [2.75, 3.05) is 7.11 Å². The van der Waals surface area contributed by atoms with Gasteiger partial charge in [0.15, 0.2) is 0 Å². The van der Waals surface area contributed by atoms with E-state index in [1.54, 1.807) is 0 Å². The number of rotatable bonds is 4. The molecule has 0 aromatic rings. The Bertz CT molecular complexity index is 263. The average molecular weight is 195 g/mol. The van der Waals surface area contributed by atoms with Gasteiger partial charge in [0.1, 0.15) is 5.92 Å². The Kier molecular flexibility index (Phi) is 5.62. The van der Waals surface area contributed by atoms with Crippen LogP contribution in [0.25, 0.3) is 0 Å². The molecule has 0 bridgehead atoms. The van der Waals surface area contributed by atoms with E-state index in [2.05, 4.69) is 4.74 Å². The zero-order chi connectivity index (χ0) is 11.1. The van der Waals surface area contributed by atoms with E-state index in [4.69, 9.17) is 5.26 Å². The van der Waals surface area contributed by atoms with Crippen LogP contribution in [0.3, 0.4) is 0 Å². The number of carbonyl (C=O) groups excluding carboxylic acids is 1. The fraction of sp³-hybridized carbons (Fsp3) is 0.636. The minimum absolute atomic E-state index is 0.240. The molecular formula is C11H17NO2. The molecule has 0 N–H and O–H groups in total. The van der Waals surface area contributed by atoms with E-state index in [1.165, 1.54) is 12.7 Å². The van der Waals surface area contributed by atoms with Crippen LogP contribution in [-0.2, 0) is 9.53 Å². The molecule has 0 saturated heterocycles. The molecule has 0 rings (SSSR count). The Balaban J connectivity index is 4.35. The van der Waals surface area contributed by atoms with Gasteiger partial charge in [0.05, 0.1) is 13.2 Å². The van der Waals surface area contributed by atoms with Crippen molar-refractivity contribution in [2.24, 2.45) is 11.8 Å². The number of esters is 1. The highest BCUT2D eigenvalue weighted by Crippen LogP contribution is 2.19. The second kappa shape index (κ2) is 6.20. The predicted molar refractivity (Wildman–Crippen MR) is 54.3 cm³/mol. The molecule has 0 saturated carbocycles. The third-order valence-corrected chi connectivity index (χ3v) is 2.46. The van der Waals surface area contributed by atoms with E-state index in [9.17, 15) is 4.79 Å². The fourth-order valence-electron chi connectivity index (χ4n) is 1.17. The molecule has 0 radical (unpaired) electrons. The number of methoxy groups -OCH3 is 1. The van der Waals surface area contributed by atoms with E-state index < -0.39 is 11.9 Å². The molecule has 0 aromatic heterocycles. The minimum Gasteiger partial charge on any atom is -0.468 e. The number of hydrogen-bond donors (Lipinski definition) is 0. The Morgan fingerprint density at radius 3 is 2.57 bits per heavy atom. The minimum atomic E-state index is -0.648. The lowest BCUT2D eigenvalue weighted by molar-refractivity contribution is -0.143. The Morgan fingerprint density at radius 1 is 1.64 bits per heavy atom. The SMILES string of the molecule is C/C=C(\C)C(C)CC(C#N)C(=O)OC. The van der Waals surface area contributed by atoms with Crippen LogP contribution >= 0.6 is 0 Å². The van der Waals surface area contributed by atoms with Crippen LogP contribution in [-0.4, -0.2) is 13.1 Å².